The maximum absolute atomic E-state index is 5.54. The molecule has 0 saturated carbocycles. The van der Waals surface area contributed by atoms with Crippen molar-refractivity contribution >= 4 is 0 Å². The average Bonchev–Trinajstić information content (AvgIpc) is 2.25. The highest BCUT2D eigenvalue weighted by Gasteiger charge is 1.97. The number of rotatable bonds is 6. The lowest BCUT2D eigenvalue weighted by molar-refractivity contribution is 0.317. The highest BCUT2D eigenvalue weighted by molar-refractivity contribution is 5.27. The monoisotopic (exact) mass is 206 g/mol. The summed E-state index contributed by atoms with van der Waals surface area (Å²) in [6.45, 7) is 7.46. The molecule has 1 nitrogen and oxygen atoms in total. The van der Waals surface area contributed by atoms with Gasteiger partial charge < -0.3 is 4.74 Å². The Morgan fingerprint density at radius 3 is 2.33 bits per heavy atom. The summed E-state index contributed by atoms with van der Waals surface area (Å²) < 4.78 is 5.54. The fourth-order valence-corrected chi connectivity index (χ4v) is 1.43. The normalized spacial score (nSPS) is 10.7. The van der Waals surface area contributed by atoms with E-state index in [2.05, 4.69) is 45.0 Å². The molecular weight excluding hydrogens is 184 g/mol. The van der Waals surface area contributed by atoms with Gasteiger partial charge in [0, 0.05) is 0 Å². The summed E-state index contributed by atoms with van der Waals surface area (Å²) in [5.41, 5.74) is 1.41. The molecule has 0 unspecified atom stereocenters. The third kappa shape index (κ3) is 4.87. The molecule has 0 N–H and O–H groups in total. The van der Waals surface area contributed by atoms with E-state index in [1.165, 1.54) is 18.4 Å². The van der Waals surface area contributed by atoms with Crippen molar-refractivity contribution in [1.29, 1.82) is 0 Å². The summed E-state index contributed by atoms with van der Waals surface area (Å²) in [4.78, 5) is 0. The van der Waals surface area contributed by atoms with E-state index in [0.717, 1.165) is 24.7 Å². The van der Waals surface area contributed by atoms with Gasteiger partial charge in [-0.25, -0.2) is 0 Å². The summed E-state index contributed by atoms with van der Waals surface area (Å²) in [6, 6.07) is 8.50. The second-order valence-corrected chi connectivity index (χ2v) is 4.42. The molecule has 0 saturated heterocycles. The Balaban J connectivity index is 2.41. The van der Waals surface area contributed by atoms with Crippen LogP contribution in [0.15, 0.2) is 24.3 Å². The Labute approximate surface area is 93.5 Å². The Morgan fingerprint density at radius 2 is 1.80 bits per heavy atom. The van der Waals surface area contributed by atoms with Crippen LogP contribution < -0.4 is 4.74 Å². The predicted molar refractivity (Wildman–Crippen MR) is 65.4 cm³/mol. The van der Waals surface area contributed by atoms with Crippen LogP contribution in [-0.4, -0.2) is 6.61 Å². The van der Waals surface area contributed by atoms with Gasteiger partial charge in [-0.3, -0.25) is 0 Å². The van der Waals surface area contributed by atoms with Crippen molar-refractivity contribution in [3.05, 3.63) is 29.8 Å². The van der Waals surface area contributed by atoms with Gasteiger partial charge in [0.1, 0.15) is 5.75 Å². The molecule has 0 fully saturated rings. The predicted octanol–water partition coefficient (Wildman–Crippen LogP) is 4.06. The van der Waals surface area contributed by atoms with Crippen LogP contribution in [0.1, 0.15) is 39.2 Å². The minimum Gasteiger partial charge on any atom is -0.494 e. The molecule has 0 radical (unpaired) electrons. The van der Waals surface area contributed by atoms with Crippen molar-refractivity contribution in [3.8, 4) is 5.75 Å². The number of benzene rings is 1. The van der Waals surface area contributed by atoms with Crippen molar-refractivity contribution in [2.24, 2.45) is 5.92 Å². The highest BCUT2D eigenvalue weighted by Crippen LogP contribution is 2.15. The topological polar surface area (TPSA) is 9.23 Å². The zero-order valence-corrected chi connectivity index (χ0v) is 10.1. The second kappa shape index (κ2) is 6.49. The zero-order chi connectivity index (χ0) is 11.1. The number of aryl methyl sites for hydroxylation is 1. The molecule has 15 heavy (non-hydrogen) atoms. The second-order valence-electron chi connectivity index (χ2n) is 4.42. The van der Waals surface area contributed by atoms with Gasteiger partial charge in [0.15, 0.2) is 0 Å². The van der Waals surface area contributed by atoms with Gasteiger partial charge in [-0.1, -0.05) is 32.9 Å². The molecule has 84 valence electrons. The molecule has 1 rings (SSSR count). The lowest BCUT2D eigenvalue weighted by Crippen LogP contribution is -1.95. The first-order valence-corrected chi connectivity index (χ1v) is 5.94. The molecule has 0 aromatic heterocycles. The Hall–Kier alpha value is -0.980. The molecule has 0 spiro atoms. The summed E-state index contributed by atoms with van der Waals surface area (Å²) >= 11 is 0. The molecule has 0 atom stereocenters. The Morgan fingerprint density at radius 1 is 1.13 bits per heavy atom. The molecule has 0 heterocycles. The van der Waals surface area contributed by atoms with E-state index in [-0.39, 0.29) is 0 Å². The quantitative estimate of drug-likeness (QED) is 0.682. The number of hydrogen-bond acceptors (Lipinski definition) is 1. The van der Waals surface area contributed by atoms with E-state index in [1.807, 2.05) is 0 Å². The maximum atomic E-state index is 5.54. The van der Waals surface area contributed by atoms with Crippen molar-refractivity contribution in [1.82, 2.24) is 0 Å². The van der Waals surface area contributed by atoms with Crippen LogP contribution >= 0.6 is 0 Å². The van der Waals surface area contributed by atoms with Gasteiger partial charge >= 0.3 is 0 Å². The van der Waals surface area contributed by atoms with E-state index < -0.39 is 0 Å². The fraction of sp³-hybridized carbons (Fsp3) is 0.571. The molecule has 0 amide bonds. The third-order valence-electron chi connectivity index (χ3n) is 2.41. The molecule has 1 aromatic carbocycles. The first-order valence-electron chi connectivity index (χ1n) is 5.94. The maximum Gasteiger partial charge on any atom is 0.119 e. The van der Waals surface area contributed by atoms with E-state index >= 15 is 0 Å². The Kier molecular flexibility index (Phi) is 5.23. The molecule has 0 aliphatic carbocycles. The van der Waals surface area contributed by atoms with Crippen molar-refractivity contribution in [2.45, 2.75) is 40.0 Å². The van der Waals surface area contributed by atoms with Gasteiger partial charge in [-0.15, -0.1) is 0 Å². The first kappa shape index (κ1) is 12.1. The van der Waals surface area contributed by atoms with Crippen LogP contribution in [-0.2, 0) is 6.42 Å². The van der Waals surface area contributed by atoms with E-state index in [4.69, 9.17) is 4.74 Å². The van der Waals surface area contributed by atoms with E-state index in [0.29, 0.717) is 0 Å². The molecule has 0 aliphatic rings. The van der Waals surface area contributed by atoms with Crippen LogP contribution in [0.2, 0.25) is 0 Å². The standard InChI is InChI=1S/C14H22O/c1-4-11-15-14-9-7-13(8-10-14)6-5-12(2)3/h7-10,12H,4-6,11H2,1-3H3. The molecular formula is C14H22O. The summed E-state index contributed by atoms with van der Waals surface area (Å²) in [5, 5.41) is 0. The largest absolute Gasteiger partial charge is 0.494 e. The van der Waals surface area contributed by atoms with E-state index in [1.54, 1.807) is 0 Å². The average molecular weight is 206 g/mol. The van der Waals surface area contributed by atoms with Crippen LogP contribution in [0.4, 0.5) is 0 Å². The van der Waals surface area contributed by atoms with Gasteiger partial charge in [0.25, 0.3) is 0 Å². The van der Waals surface area contributed by atoms with Gasteiger partial charge in [0.05, 0.1) is 6.61 Å². The Bertz CT molecular complexity index is 261. The van der Waals surface area contributed by atoms with Crippen molar-refractivity contribution in [3.63, 3.8) is 0 Å². The third-order valence-corrected chi connectivity index (χ3v) is 2.41. The zero-order valence-electron chi connectivity index (χ0n) is 10.1. The van der Waals surface area contributed by atoms with Gasteiger partial charge in [-0.05, 0) is 42.9 Å². The molecule has 0 bridgehead atoms. The molecule has 1 aromatic rings. The number of ether oxygens (including phenoxy) is 1. The van der Waals surface area contributed by atoms with Crippen LogP contribution in [0.25, 0.3) is 0 Å². The minimum absolute atomic E-state index is 0.779. The number of hydrogen-bond donors (Lipinski definition) is 0. The lowest BCUT2D eigenvalue weighted by Gasteiger charge is -2.07. The highest BCUT2D eigenvalue weighted by atomic mass is 16.5. The van der Waals surface area contributed by atoms with Gasteiger partial charge in [-0.2, -0.15) is 0 Å². The fourth-order valence-electron chi connectivity index (χ4n) is 1.43. The van der Waals surface area contributed by atoms with Crippen molar-refractivity contribution < 1.29 is 4.74 Å². The smallest absolute Gasteiger partial charge is 0.119 e. The van der Waals surface area contributed by atoms with Gasteiger partial charge in [0.2, 0.25) is 0 Å². The summed E-state index contributed by atoms with van der Waals surface area (Å²) in [7, 11) is 0. The van der Waals surface area contributed by atoms with Crippen LogP contribution in [0.5, 0.6) is 5.75 Å². The van der Waals surface area contributed by atoms with Crippen LogP contribution in [0, 0.1) is 5.92 Å². The summed E-state index contributed by atoms with van der Waals surface area (Å²) in [5.74, 6) is 1.77. The molecule has 0 aliphatic heterocycles. The van der Waals surface area contributed by atoms with E-state index in [9.17, 15) is 0 Å². The molecule has 1 heteroatoms. The van der Waals surface area contributed by atoms with Crippen LogP contribution in [0.3, 0.4) is 0 Å². The minimum atomic E-state index is 0.779. The van der Waals surface area contributed by atoms with Crippen molar-refractivity contribution in [2.75, 3.05) is 6.61 Å². The SMILES string of the molecule is CCCOc1ccc(CCC(C)C)cc1. The summed E-state index contributed by atoms with van der Waals surface area (Å²) in [6.07, 6.45) is 3.50. The lowest BCUT2D eigenvalue weighted by atomic mass is 10.0. The first-order chi connectivity index (χ1) is 7.22.